The predicted octanol–water partition coefficient (Wildman–Crippen LogP) is 3.15. The van der Waals surface area contributed by atoms with Crippen LogP contribution in [0, 0.1) is 0 Å². The number of amides is 3. The quantitative estimate of drug-likeness (QED) is 0.426. The molecule has 0 bridgehead atoms. The number of carbonyl (C=O) groups excluding carboxylic acids is 2. The molecule has 162 valence electrons. The second-order valence-electron chi connectivity index (χ2n) is 6.45. The molecule has 1 aromatic heterocycles. The Bertz CT molecular complexity index is 1140. The average Bonchev–Trinajstić information content (AvgIpc) is 3.27. The van der Waals surface area contributed by atoms with Crippen LogP contribution in [0.5, 0.6) is 0 Å². The van der Waals surface area contributed by atoms with Crippen molar-refractivity contribution >= 4 is 33.3 Å². The number of anilines is 2. The summed E-state index contributed by atoms with van der Waals surface area (Å²) in [6.07, 6.45) is 1.46. The maximum atomic E-state index is 12.5. The molecule has 2 aromatic carbocycles. The van der Waals surface area contributed by atoms with Crippen molar-refractivity contribution in [3.63, 3.8) is 0 Å². The zero-order valence-corrected chi connectivity index (χ0v) is 17.5. The second kappa shape index (κ2) is 9.92. The molecule has 0 aliphatic carbocycles. The molecule has 0 aliphatic heterocycles. The molecule has 0 spiro atoms. The molecule has 0 fully saturated rings. The number of carbonyl (C=O) groups is 2. The number of urea groups is 1. The first kappa shape index (κ1) is 22.1. The van der Waals surface area contributed by atoms with Gasteiger partial charge in [0.15, 0.2) is 0 Å². The lowest BCUT2D eigenvalue weighted by atomic mass is 10.2. The second-order valence-corrected chi connectivity index (χ2v) is 8.21. The number of nitrogens with one attached hydrogen (secondary N) is 4. The highest BCUT2D eigenvalue weighted by Crippen LogP contribution is 2.17. The van der Waals surface area contributed by atoms with E-state index in [1.165, 1.54) is 30.5 Å². The Morgan fingerprint density at radius 1 is 0.935 bits per heavy atom. The number of furan rings is 1. The van der Waals surface area contributed by atoms with E-state index >= 15 is 0 Å². The first-order valence-electron chi connectivity index (χ1n) is 9.46. The third-order valence-electron chi connectivity index (χ3n) is 4.16. The minimum absolute atomic E-state index is 0.0260. The van der Waals surface area contributed by atoms with E-state index in [0.29, 0.717) is 23.7 Å². The van der Waals surface area contributed by atoms with E-state index in [4.69, 9.17) is 4.42 Å². The molecule has 3 aromatic rings. The fourth-order valence-electron chi connectivity index (χ4n) is 2.66. The average molecular weight is 442 g/mol. The highest BCUT2D eigenvalue weighted by molar-refractivity contribution is 7.89. The summed E-state index contributed by atoms with van der Waals surface area (Å²) in [4.78, 5) is 24.2. The SMILES string of the molecule is CCNC(=O)Nc1cccc(NC(=O)c2ccc(S(=O)(=O)NCc3ccco3)cc2)c1. The van der Waals surface area contributed by atoms with Crippen LogP contribution in [0.3, 0.4) is 0 Å². The normalized spacial score (nSPS) is 11.0. The monoisotopic (exact) mass is 442 g/mol. The fraction of sp³-hybridized carbons (Fsp3) is 0.143. The Hall–Kier alpha value is -3.63. The van der Waals surface area contributed by atoms with Crippen LogP contribution in [0.1, 0.15) is 23.0 Å². The molecule has 3 rings (SSSR count). The van der Waals surface area contributed by atoms with Crippen LogP contribution in [0.15, 0.2) is 76.2 Å². The van der Waals surface area contributed by atoms with Gasteiger partial charge in [-0.05, 0) is 61.5 Å². The van der Waals surface area contributed by atoms with Crippen LogP contribution in [0.4, 0.5) is 16.2 Å². The molecule has 0 saturated heterocycles. The van der Waals surface area contributed by atoms with E-state index in [1.54, 1.807) is 36.4 Å². The summed E-state index contributed by atoms with van der Waals surface area (Å²) in [5.41, 5.74) is 1.29. The molecule has 0 unspecified atom stereocenters. The van der Waals surface area contributed by atoms with E-state index in [9.17, 15) is 18.0 Å². The number of benzene rings is 2. The summed E-state index contributed by atoms with van der Waals surface area (Å²) in [6.45, 7) is 2.33. The molecule has 1 heterocycles. The van der Waals surface area contributed by atoms with Gasteiger partial charge in [0.25, 0.3) is 5.91 Å². The molecule has 0 aliphatic rings. The summed E-state index contributed by atoms with van der Waals surface area (Å²) < 4.78 is 32.3. The van der Waals surface area contributed by atoms with Gasteiger partial charge in [0.05, 0.1) is 17.7 Å². The van der Waals surface area contributed by atoms with Crippen molar-refractivity contribution in [1.82, 2.24) is 10.0 Å². The smallest absolute Gasteiger partial charge is 0.319 e. The minimum Gasteiger partial charge on any atom is -0.468 e. The largest absolute Gasteiger partial charge is 0.468 e. The highest BCUT2D eigenvalue weighted by Gasteiger charge is 2.15. The van der Waals surface area contributed by atoms with Gasteiger partial charge < -0.3 is 20.4 Å². The molecule has 31 heavy (non-hydrogen) atoms. The van der Waals surface area contributed by atoms with Gasteiger partial charge in [-0.15, -0.1) is 0 Å². The first-order valence-corrected chi connectivity index (χ1v) is 10.9. The standard InChI is InChI=1S/C21H22N4O5S/c1-2-22-21(27)25-17-6-3-5-16(13-17)24-20(26)15-8-10-19(11-9-15)31(28,29)23-14-18-7-4-12-30-18/h3-13,23H,2,14H2,1H3,(H,24,26)(H2,22,25,27). The number of hydrogen-bond acceptors (Lipinski definition) is 5. The van der Waals surface area contributed by atoms with Crippen molar-refractivity contribution in [1.29, 1.82) is 0 Å². The Morgan fingerprint density at radius 2 is 1.65 bits per heavy atom. The molecule has 0 saturated carbocycles. The van der Waals surface area contributed by atoms with Gasteiger partial charge in [-0.25, -0.2) is 17.9 Å². The summed E-state index contributed by atoms with van der Waals surface area (Å²) in [5.74, 6) is 0.0751. The van der Waals surface area contributed by atoms with Crippen molar-refractivity contribution in [2.24, 2.45) is 0 Å². The summed E-state index contributed by atoms with van der Waals surface area (Å²) >= 11 is 0. The van der Waals surface area contributed by atoms with Crippen LogP contribution in [0.25, 0.3) is 0 Å². The van der Waals surface area contributed by atoms with Crippen LogP contribution in [-0.4, -0.2) is 26.9 Å². The zero-order chi connectivity index (χ0) is 22.3. The van der Waals surface area contributed by atoms with E-state index in [0.717, 1.165) is 0 Å². The Balaban J connectivity index is 1.63. The molecular formula is C21H22N4O5S. The van der Waals surface area contributed by atoms with Crippen molar-refractivity contribution in [2.75, 3.05) is 17.2 Å². The number of hydrogen-bond donors (Lipinski definition) is 4. The molecule has 0 atom stereocenters. The number of rotatable bonds is 8. The molecular weight excluding hydrogens is 420 g/mol. The van der Waals surface area contributed by atoms with E-state index in [2.05, 4.69) is 20.7 Å². The van der Waals surface area contributed by atoms with E-state index in [1.807, 2.05) is 6.92 Å². The van der Waals surface area contributed by atoms with Gasteiger partial charge >= 0.3 is 6.03 Å². The molecule has 4 N–H and O–H groups in total. The third kappa shape index (κ3) is 6.17. The summed E-state index contributed by atoms with van der Waals surface area (Å²) in [5, 5.41) is 8.00. The Kier molecular flexibility index (Phi) is 7.06. The van der Waals surface area contributed by atoms with Crippen LogP contribution in [0.2, 0.25) is 0 Å². The van der Waals surface area contributed by atoms with Gasteiger partial charge in [-0.3, -0.25) is 4.79 Å². The Labute approximate surface area is 179 Å². The molecule has 3 amide bonds. The van der Waals surface area contributed by atoms with E-state index < -0.39 is 15.9 Å². The van der Waals surface area contributed by atoms with Gasteiger partial charge in [-0.1, -0.05) is 6.07 Å². The lowest BCUT2D eigenvalue weighted by molar-refractivity contribution is 0.102. The van der Waals surface area contributed by atoms with Gasteiger partial charge in [0.1, 0.15) is 5.76 Å². The van der Waals surface area contributed by atoms with Gasteiger partial charge in [0.2, 0.25) is 10.0 Å². The fourth-order valence-corrected chi connectivity index (χ4v) is 3.66. The topological polar surface area (TPSA) is 130 Å². The van der Waals surface area contributed by atoms with Gasteiger partial charge in [0, 0.05) is 23.5 Å². The maximum Gasteiger partial charge on any atom is 0.319 e. The third-order valence-corrected chi connectivity index (χ3v) is 5.58. The maximum absolute atomic E-state index is 12.5. The molecule has 9 nitrogen and oxygen atoms in total. The van der Waals surface area contributed by atoms with Crippen LogP contribution in [-0.2, 0) is 16.6 Å². The Morgan fingerprint density at radius 3 is 2.29 bits per heavy atom. The van der Waals surface area contributed by atoms with E-state index in [-0.39, 0.29) is 23.0 Å². The van der Waals surface area contributed by atoms with Crippen molar-refractivity contribution in [2.45, 2.75) is 18.4 Å². The molecule has 10 heteroatoms. The summed E-state index contributed by atoms with van der Waals surface area (Å²) in [6, 6.07) is 15.2. The lowest BCUT2D eigenvalue weighted by Crippen LogP contribution is -2.28. The van der Waals surface area contributed by atoms with Crippen molar-refractivity contribution in [3.8, 4) is 0 Å². The van der Waals surface area contributed by atoms with Crippen LogP contribution < -0.4 is 20.7 Å². The number of sulfonamides is 1. The predicted molar refractivity (Wildman–Crippen MR) is 116 cm³/mol. The minimum atomic E-state index is -3.75. The van der Waals surface area contributed by atoms with Gasteiger partial charge in [-0.2, -0.15) is 0 Å². The highest BCUT2D eigenvalue weighted by atomic mass is 32.2. The summed E-state index contributed by atoms with van der Waals surface area (Å²) in [7, 11) is -3.75. The first-order chi connectivity index (χ1) is 14.9. The lowest BCUT2D eigenvalue weighted by Gasteiger charge is -2.10. The van der Waals surface area contributed by atoms with Crippen LogP contribution >= 0.6 is 0 Å². The van der Waals surface area contributed by atoms with Crippen molar-refractivity contribution < 1.29 is 22.4 Å². The molecule has 0 radical (unpaired) electrons. The van der Waals surface area contributed by atoms with Crippen molar-refractivity contribution in [3.05, 3.63) is 78.3 Å². The zero-order valence-electron chi connectivity index (χ0n) is 16.7.